The third-order valence-corrected chi connectivity index (χ3v) is 3.68. The van der Waals surface area contributed by atoms with Gasteiger partial charge in [-0.15, -0.1) is 0 Å². The minimum atomic E-state index is -3.00. The van der Waals surface area contributed by atoms with Crippen molar-refractivity contribution in [1.29, 1.82) is 0 Å². The van der Waals surface area contributed by atoms with Crippen molar-refractivity contribution in [2.75, 3.05) is 19.3 Å². The van der Waals surface area contributed by atoms with E-state index in [1.165, 1.54) is 10.6 Å². The Bertz CT molecular complexity index is 306. The van der Waals surface area contributed by atoms with Gasteiger partial charge in [-0.05, 0) is 0 Å². The van der Waals surface area contributed by atoms with Crippen LogP contribution < -0.4 is 0 Å². The van der Waals surface area contributed by atoms with Crippen LogP contribution in [0.25, 0.3) is 0 Å². The number of nitrogens with zero attached hydrogens (tertiary/aromatic N) is 3. The molecule has 6 heteroatoms. The lowest BCUT2D eigenvalue weighted by molar-refractivity contribution is 0.297. The van der Waals surface area contributed by atoms with E-state index in [2.05, 4.69) is 10.2 Å². The molecule has 0 aromatic heterocycles. The molecule has 0 aromatic carbocycles. The van der Waals surface area contributed by atoms with Crippen LogP contribution in [0.1, 0.15) is 12.8 Å². The van der Waals surface area contributed by atoms with Gasteiger partial charge in [0.1, 0.15) is 0 Å². The normalized spacial score (nSPS) is 27.8. The summed E-state index contributed by atoms with van der Waals surface area (Å²) in [6.45, 7) is 1.12. The van der Waals surface area contributed by atoms with Gasteiger partial charge in [0, 0.05) is 25.9 Å². The Labute approximate surface area is 71.5 Å². The summed E-state index contributed by atoms with van der Waals surface area (Å²) in [6.07, 6.45) is 2.74. The summed E-state index contributed by atoms with van der Waals surface area (Å²) in [7, 11) is -3.00. The minimum absolute atomic E-state index is 0.179. The van der Waals surface area contributed by atoms with Crippen molar-refractivity contribution in [1.82, 2.24) is 4.31 Å². The van der Waals surface area contributed by atoms with Gasteiger partial charge in [0.05, 0.1) is 6.26 Å². The summed E-state index contributed by atoms with van der Waals surface area (Å²) in [6, 6.07) is 0. The van der Waals surface area contributed by atoms with E-state index in [1.54, 1.807) is 0 Å². The monoisotopic (exact) mass is 189 g/mol. The highest BCUT2D eigenvalue weighted by molar-refractivity contribution is 7.88. The largest absolute Gasteiger partial charge is 0.213 e. The molecule has 2 aliphatic heterocycles. The van der Waals surface area contributed by atoms with Crippen LogP contribution in [-0.2, 0) is 10.0 Å². The topological polar surface area (TPSA) is 62.1 Å². The molecule has 0 aliphatic carbocycles. The van der Waals surface area contributed by atoms with E-state index < -0.39 is 10.0 Å². The first-order valence-corrected chi connectivity index (χ1v) is 5.76. The van der Waals surface area contributed by atoms with Gasteiger partial charge in [0.25, 0.3) is 0 Å². The van der Waals surface area contributed by atoms with E-state index in [0.29, 0.717) is 13.1 Å². The van der Waals surface area contributed by atoms with E-state index in [1.807, 2.05) is 0 Å². The first-order chi connectivity index (χ1) is 5.52. The third kappa shape index (κ3) is 1.36. The molecule has 12 heavy (non-hydrogen) atoms. The Morgan fingerprint density at radius 2 is 1.75 bits per heavy atom. The maximum absolute atomic E-state index is 11.1. The Morgan fingerprint density at radius 3 is 2.08 bits per heavy atom. The van der Waals surface area contributed by atoms with Crippen LogP contribution >= 0.6 is 0 Å². The average Bonchev–Trinajstić information content (AvgIpc) is 2.68. The molecule has 0 unspecified atom stereocenters. The van der Waals surface area contributed by atoms with Crippen molar-refractivity contribution in [3.05, 3.63) is 0 Å². The van der Waals surface area contributed by atoms with Crippen LogP contribution in [0.5, 0.6) is 0 Å². The van der Waals surface area contributed by atoms with Crippen molar-refractivity contribution in [3.63, 3.8) is 0 Å². The number of hydrogen-bond acceptors (Lipinski definition) is 4. The molecule has 0 bridgehead atoms. The predicted molar refractivity (Wildman–Crippen MR) is 43.2 cm³/mol. The molecule has 0 amide bonds. The quantitative estimate of drug-likeness (QED) is 0.591. The van der Waals surface area contributed by atoms with E-state index in [9.17, 15) is 8.42 Å². The molecule has 0 radical (unpaired) electrons. The number of hydrogen-bond donors (Lipinski definition) is 0. The van der Waals surface area contributed by atoms with Gasteiger partial charge < -0.3 is 0 Å². The van der Waals surface area contributed by atoms with Gasteiger partial charge in [0.15, 0.2) is 5.66 Å². The Balaban J connectivity index is 1.99. The lowest BCUT2D eigenvalue weighted by Gasteiger charge is -2.27. The molecule has 0 saturated carbocycles. The molecule has 1 saturated heterocycles. The highest BCUT2D eigenvalue weighted by Crippen LogP contribution is 2.38. The molecule has 5 nitrogen and oxygen atoms in total. The zero-order valence-corrected chi connectivity index (χ0v) is 7.71. The summed E-state index contributed by atoms with van der Waals surface area (Å²) in [5.41, 5.74) is -0.179. The van der Waals surface area contributed by atoms with Gasteiger partial charge in [-0.1, -0.05) is 0 Å². The zero-order valence-electron chi connectivity index (χ0n) is 6.89. The summed E-state index contributed by atoms with van der Waals surface area (Å²) in [4.78, 5) is 0. The maximum Gasteiger partial charge on any atom is 0.211 e. The molecule has 2 aliphatic rings. The van der Waals surface area contributed by atoms with E-state index in [0.717, 1.165) is 12.8 Å². The van der Waals surface area contributed by atoms with Gasteiger partial charge >= 0.3 is 0 Å². The first-order valence-electron chi connectivity index (χ1n) is 3.91. The fraction of sp³-hybridized carbons (Fsp3) is 1.00. The summed E-state index contributed by atoms with van der Waals surface area (Å²) < 4.78 is 23.7. The molecule has 1 fully saturated rings. The van der Waals surface area contributed by atoms with E-state index in [-0.39, 0.29) is 5.66 Å². The van der Waals surface area contributed by atoms with Crippen LogP contribution in [0.4, 0.5) is 0 Å². The Morgan fingerprint density at radius 1 is 1.25 bits per heavy atom. The first kappa shape index (κ1) is 8.12. The summed E-state index contributed by atoms with van der Waals surface area (Å²) in [5.74, 6) is 0. The van der Waals surface area contributed by atoms with Gasteiger partial charge in [-0.3, -0.25) is 0 Å². The van der Waals surface area contributed by atoms with Crippen molar-refractivity contribution in [2.45, 2.75) is 18.5 Å². The summed E-state index contributed by atoms with van der Waals surface area (Å²) >= 11 is 0. The second-order valence-electron chi connectivity index (χ2n) is 3.34. The van der Waals surface area contributed by atoms with E-state index >= 15 is 0 Å². The minimum Gasteiger partial charge on any atom is -0.213 e. The molecule has 2 heterocycles. The van der Waals surface area contributed by atoms with Gasteiger partial charge in [-0.2, -0.15) is 10.2 Å². The standard InChI is InChI=1S/C6H11N3O2S/c1-12(10,11)9-4-2-6(3-5-9)7-8-6/h2-5H2,1H3. The van der Waals surface area contributed by atoms with E-state index in [4.69, 9.17) is 0 Å². The second-order valence-corrected chi connectivity index (χ2v) is 5.33. The molecular formula is C6H11N3O2S. The smallest absolute Gasteiger partial charge is 0.211 e. The lowest BCUT2D eigenvalue weighted by Crippen LogP contribution is -2.40. The Kier molecular flexibility index (Phi) is 1.53. The SMILES string of the molecule is CS(=O)(=O)N1CCC2(CC1)N=N2. The fourth-order valence-corrected chi connectivity index (χ4v) is 2.29. The van der Waals surface area contributed by atoms with Crippen molar-refractivity contribution < 1.29 is 8.42 Å². The van der Waals surface area contributed by atoms with Crippen LogP contribution in [0.3, 0.4) is 0 Å². The van der Waals surface area contributed by atoms with Crippen LogP contribution in [0.2, 0.25) is 0 Å². The van der Waals surface area contributed by atoms with Crippen molar-refractivity contribution >= 4 is 10.0 Å². The van der Waals surface area contributed by atoms with Crippen LogP contribution in [0, 0.1) is 0 Å². The van der Waals surface area contributed by atoms with Crippen molar-refractivity contribution in [2.24, 2.45) is 10.2 Å². The van der Waals surface area contributed by atoms with Crippen molar-refractivity contribution in [3.8, 4) is 0 Å². The molecular weight excluding hydrogens is 178 g/mol. The molecule has 1 spiro atoms. The fourth-order valence-electron chi connectivity index (χ4n) is 1.45. The number of rotatable bonds is 1. The predicted octanol–water partition coefficient (Wildman–Crippen LogP) is 0.204. The molecule has 0 N–H and O–H groups in total. The highest BCUT2D eigenvalue weighted by Gasteiger charge is 2.44. The molecule has 2 rings (SSSR count). The second kappa shape index (κ2) is 2.26. The average molecular weight is 189 g/mol. The van der Waals surface area contributed by atoms with Crippen LogP contribution in [-0.4, -0.2) is 37.7 Å². The molecule has 0 aromatic rings. The van der Waals surface area contributed by atoms with Crippen LogP contribution in [0.15, 0.2) is 10.2 Å². The van der Waals surface area contributed by atoms with Gasteiger partial charge in [-0.25, -0.2) is 12.7 Å². The Hall–Kier alpha value is -0.490. The molecule has 68 valence electrons. The number of sulfonamides is 1. The lowest BCUT2D eigenvalue weighted by atomic mass is 10.0. The summed E-state index contributed by atoms with van der Waals surface area (Å²) in [5, 5.41) is 7.83. The number of piperidine rings is 1. The zero-order chi connectivity index (χ0) is 8.82. The maximum atomic E-state index is 11.1. The molecule has 0 atom stereocenters. The highest BCUT2D eigenvalue weighted by atomic mass is 32.2. The van der Waals surface area contributed by atoms with Gasteiger partial charge in [0.2, 0.25) is 10.0 Å². The third-order valence-electron chi connectivity index (χ3n) is 2.38.